The number of hydrogen-bond donors (Lipinski definition) is 12. The molecule has 4 aliphatic rings. The fourth-order valence-corrected chi connectivity index (χ4v) is 5.45. The van der Waals surface area contributed by atoms with Crippen LogP contribution in [0.1, 0.15) is 13.8 Å². The van der Waals surface area contributed by atoms with E-state index in [2.05, 4.69) is 0 Å². The quantitative estimate of drug-likeness (QED) is 0.118. The smallest absolute Gasteiger partial charge is 0.187 e. The monoisotopic (exact) mass is 633 g/mol. The molecule has 4 rings (SSSR count). The summed E-state index contributed by atoms with van der Waals surface area (Å²) in [5.41, 5.74) is 6.16. The molecule has 0 aromatic rings. The minimum absolute atomic E-state index is 0.788. The molecule has 0 bridgehead atoms. The Morgan fingerprint density at radius 1 is 0.488 bits per heavy atom. The maximum Gasteiger partial charge on any atom is 0.187 e. The van der Waals surface area contributed by atoms with E-state index in [1.54, 1.807) is 0 Å². The predicted octanol–water partition coefficient (Wildman–Crippen LogP) is -7.73. The van der Waals surface area contributed by atoms with E-state index in [0.717, 1.165) is 0 Å². The zero-order valence-corrected chi connectivity index (χ0v) is 23.3. The molecule has 0 saturated carbocycles. The summed E-state index contributed by atoms with van der Waals surface area (Å²) in [5, 5.41) is 113. The van der Waals surface area contributed by atoms with Crippen LogP contribution in [-0.4, -0.2) is 192 Å². The first-order chi connectivity index (χ1) is 20.2. The van der Waals surface area contributed by atoms with Gasteiger partial charge in [0.2, 0.25) is 0 Å². The van der Waals surface area contributed by atoms with Crippen molar-refractivity contribution in [3.63, 3.8) is 0 Å². The van der Waals surface area contributed by atoms with Crippen molar-refractivity contribution in [1.29, 1.82) is 0 Å². The summed E-state index contributed by atoms with van der Waals surface area (Å²) < 4.78 is 39.4. The molecule has 4 saturated heterocycles. The zero-order chi connectivity index (χ0) is 31.9. The molecule has 20 atom stereocenters. The summed E-state index contributed by atoms with van der Waals surface area (Å²) in [6.45, 7) is 1.19. The molecular formula is C24H43NO18. The summed E-state index contributed by atoms with van der Waals surface area (Å²) in [7, 11) is 0. The molecule has 0 radical (unpaired) electrons. The summed E-state index contributed by atoms with van der Waals surface area (Å²) in [5.74, 6) is 0. The number of rotatable bonds is 8. The number of nitrogens with two attached hydrogens (primary N) is 1. The van der Waals surface area contributed by atoms with Gasteiger partial charge in [-0.15, -0.1) is 0 Å². The van der Waals surface area contributed by atoms with E-state index in [1.165, 1.54) is 13.8 Å². The fourth-order valence-electron chi connectivity index (χ4n) is 5.45. The number of ether oxygens (including phenoxy) is 7. The second-order valence-electron chi connectivity index (χ2n) is 11.2. The van der Waals surface area contributed by atoms with Crippen LogP contribution in [0.4, 0.5) is 0 Å². The van der Waals surface area contributed by atoms with E-state index in [4.69, 9.17) is 38.9 Å². The Kier molecular flexibility index (Phi) is 11.7. The van der Waals surface area contributed by atoms with E-state index in [-0.39, 0.29) is 0 Å². The van der Waals surface area contributed by atoms with E-state index >= 15 is 0 Å². The maximum absolute atomic E-state index is 10.9. The highest BCUT2D eigenvalue weighted by Gasteiger charge is 2.55. The first kappa shape index (κ1) is 35.1. The van der Waals surface area contributed by atoms with Gasteiger partial charge in [0.15, 0.2) is 25.2 Å². The van der Waals surface area contributed by atoms with Crippen LogP contribution in [0.3, 0.4) is 0 Å². The van der Waals surface area contributed by atoms with Gasteiger partial charge in [0, 0.05) is 0 Å². The van der Waals surface area contributed by atoms with Crippen LogP contribution < -0.4 is 5.73 Å². The van der Waals surface area contributed by atoms with E-state index in [1.807, 2.05) is 0 Å². The van der Waals surface area contributed by atoms with Crippen LogP contribution in [0.5, 0.6) is 0 Å². The lowest BCUT2D eigenvalue weighted by Gasteiger charge is -2.50. The third kappa shape index (κ3) is 7.00. The highest BCUT2D eigenvalue weighted by molar-refractivity contribution is 4.98. The number of hydrogen-bond acceptors (Lipinski definition) is 19. The van der Waals surface area contributed by atoms with Crippen molar-refractivity contribution in [1.82, 2.24) is 0 Å². The van der Waals surface area contributed by atoms with Gasteiger partial charge in [-0.2, -0.15) is 0 Å². The Hall–Kier alpha value is -0.760. The molecule has 0 amide bonds. The molecule has 0 aliphatic carbocycles. The molecule has 4 aliphatic heterocycles. The standard InChI is InChI=1S/C24H43NO18/c1-5-10(28)13(31)16(34)22(37-5)41-18-8(4-27)39-21(36)9(25)19(18)42-24-20(15(33)12(30)7(3-26)40-24)43-23-17(35)14(32)11(29)6(2)38-23/h5-24,26-36H,3-4,25H2,1-2H3/t5-,6-,7+,8+,9+,10+,11+,12-,13+,14+,15-,16-,17-,18+,19+,20+,21+,22-,23-,24-/m0/s1. The maximum atomic E-state index is 10.9. The summed E-state index contributed by atoms with van der Waals surface area (Å²) in [6, 6.07) is -1.48. The second-order valence-corrected chi connectivity index (χ2v) is 11.2. The third-order valence-electron chi connectivity index (χ3n) is 8.21. The van der Waals surface area contributed by atoms with Crippen molar-refractivity contribution in [2.24, 2.45) is 5.73 Å². The van der Waals surface area contributed by atoms with E-state index in [0.29, 0.717) is 0 Å². The van der Waals surface area contributed by atoms with Gasteiger partial charge in [0.05, 0.1) is 31.5 Å². The molecule has 43 heavy (non-hydrogen) atoms. The molecule has 252 valence electrons. The first-order valence-corrected chi connectivity index (χ1v) is 13.9. The summed E-state index contributed by atoms with van der Waals surface area (Å²) in [6.07, 6.45) is -30.1. The SMILES string of the molecule is C[C@@H]1O[C@@H](O[C@H]2[C@H](O[C@@H]3[C@@H](N)[C@H](O)O[C@H](CO)[C@H]3O[C@@H]3O[C@@H](C)[C@@H](O)[C@@H](O)[C@@H]3O)O[C@H](CO)[C@H](O)[C@@H]2O)[C@@H](O)[C@H](O)[C@@H]1O. The van der Waals surface area contributed by atoms with Crippen molar-refractivity contribution in [2.45, 2.75) is 137 Å². The second kappa shape index (κ2) is 14.3. The van der Waals surface area contributed by atoms with Crippen molar-refractivity contribution < 1.29 is 89.3 Å². The molecule has 4 heterocycles. The zero-order valence-electron chi connectivity index (χ0n) is 23.3. The Morgan fingerprint density at radius 3 is 1.44 bits per heavy atom. The van der Waals surface area contributed by atoms with Gasteiger partial charge in [-0.3, -0.25) is 0 Å². The Balaban J connectivity index is 1.62. The minimum Gasteiger partial charge on any atom is -0.394 e. The van der Waals surface area contributed by atoms with Crippen molar-refractivity contribution in [2.75, 3.05) is 13.2 Å². The lowest BCUT2D eigenvalue weighted by molar-refractivity contribution is -0.389. The van der Waals surface area contributed by atoms with Crippen LogP contribution in [0.25, 0.3) is 0 Å². The van der Waals surface area contributed by atoms with E-state index in [9.17, 15) is 56.2 Å². The molecule has 4 fully saturated rings. The summed E-state index contributed by atoms with van der Waals surface area (Å²) in [4.78, 5) is 0. The lowest BCUT2D eigenvalue weighted by atomic mass is 9.95. The van der Waals surface area contributed by atoms with Gasteiger partial charge >= 0.3 is 0 Å². The van der Waals surface area contributed by atoms with Gasteiger partial charge in [-0.05, 0) is 13.8 Å². The largest absolute Gasteiger partial charge is 0.394 e. The highest BCUT2D eigenvalue weighted by atomic mass is 16.8. The first-order valence-electron chi connectivity index (χ1n) is 13.9. The van der Waals surface area contributed by atoms with Crippen molar-refractivity contribution in [3.05, 3.63) is 0 Å². The molecule has 0 aromatic carbocycles. The van der Waals surface area contributed by atoms with Gasteiger partial charge < -0.3 is 95.1 Å². The van der Waals surface area contributed by atoms with Crippen molar-refractivity contribution in [3.8, 4) is 0 Å². The Bertz CT molecular complexity index is 891. The van der Waals surface area contributed by atoms with Gasteiger partial charge in [-0.1, -0.05) is 0 Å². The topological polar surface area (TPSA) is 313 Å². The fraction of sp³-hybridized carbons (Fsp3) is 1.00. The molecule has 13 N–H and O–H groups in total. The molecule has 0 spiro atoms. The molecule has 0 aromatic heterocycles. The van der Waals surface area contributed by atoms with Crippen LogP contribution in [-0.2, 0) is 33.2 Å². The Morgan fingerprint density at radius 2 is 0.953 bits per heavy atom. The normalized spacial score (nSPS) is 54.8. The molecular weight excluding hydrogens is 590 g/mol. The van der Waals surface area contributed by atoms with E-state index < -0.39 is 136 Å². The van der Waals surface area contributed by atoms with Crippen LogP contribution in [0.2, 0.25) is 0 Å². The highest BCUT2D eigenvalue weighted by Crippen LogP contribution is 2.34. The predicted molar refractivity (Wildman–Crippen MR) is 133 cm³/mol. The van der Waals surface area contributed by atoms with Crippen LogP contribution in [0, 0.1) is 0 Å². The molecule has 19 nitrogen and oxygen atoms in total. The average molecular weight is 634 g/mol. The van der Waals surface area contributed by atoms with Crippen LogP contribution in [0.15, 0.2) is 0 Å². The molecule has 19 heteroatoms. The number of aliphatic hydroxyl groups excluding tert-OH is 11. The van der Waals surface area contributed by atoms with Gasteiger partial charge in [0.1, 0.15) is 79.4 Å². The van der Waals surface area contributed by atoms with Crippen LogP contribution >= 0.6 is 0 Å². The minimum atomic E-state index is -1.87. The Labute approximate surface area is 245 Å². The number of aliphatic hydroxyl groups is 11. The average Bonchev–Trinajstić information content (AvgIpc) is 2.98. The lowest BCUT2D eigenvalue weighted by Crippen LogP contribution is -2.69. The van der Waals surface area contributed by atoms with Gasteiger partial charge in [-0.25, -0.2) is 0 Å². The van der Waals surface area contributed by atoms with Crippen molar-refractivity contribution >= 4 is 0 Å². The summed E-state index contributed by atoms with van der Waals surface area (Å²) >= 11 is 0. The third-order valence-corrected chi connectivity index (χ3v) is 8.21. The van der Waals surface area contributed by atoms with Gasteiger partial charge in [0.25, 0.3) is 0 Å². The molecule has 0 unspecified atom stereocenters.